The Balaban J connectivity index is 4.20. The van der Waals surface area contributed by atoms with Crippen molar-refractivity contribution in [2.75, 3.05) is 13.6 Å². The van der Waals surface area contributed by atoms with Crippen LogP contribution in [0.3, 0.4) is 0 Å². The minimum absolute atomic E-state index is 0.0709. The smallest absolute Gasteiger partial charge is 0.407 e. The van der Waals surface area contributed by atoms with E-state index in [4.69, 9.17) is 21.7 Å². The number of nitrogens with two attached hydrogens (primary N) is 2. The molecule has 0 aromatic heterocycles. The highest BCUT2D eigenvalue weighted by atomic mass is 16.4. The quantitative estimate of drug-likeness (QED) is 0.265. The summed E-state index contributed by atoms with van der Waals surface area (Å²) >= 11 is 0. The molecule has 0 aliphatic heterocycles. The maximum atomic E-state index is 10.8. The number of hydrogen-bond donors (Lipinski definition) is 4. The van der Waals surface area contributed by atoms with Crippen molar-refractivity contribution in [2.24, 2.45) is 16.5 Å². The van der Waals surface area contributed by atoms with E-state index >= 15 is 0 Å². The predicted octanol–water partition coefficient (Wildman–Crippen LogP) is -0.897. The summed E-state index contributed by atoms with van der Waals surface area (Å²) in [5.74, 6) is -1.26. The number of carboxylic acids is 1. The maximum absolute atomic E-state index is 10.8. The van der Waals surface area contributed by atoms with Crippen molar-refractivity contribution in [1.82, 2.24) is 4.90 Å². The Kier molecular flexibility index (Phi) is 5.68. The predicted molar refractivity (Wildman–Crippen MR) is 57.1 cm³/mol. The lowest BCUT2D eigenvalue weighted by Crippen LogP contribution is -2.41. The number of guanidine groups is 1. The lowest BCUT2D eigenvalue weighted by Gasteiger charge is -2.21. The van der Waals surface area contributed by atoms with Gasteiger partial charge in [0.25, 0.3) is 0 Å². The molecule has 92 valence electrons. The molecule has 0 heterocycles. The molecule has 8 nitrogen and oxygen atoms in total. The summed E-state index contributed by atoms with van der Waals surface area (Å²) in [6, 6.07) is -1.08. The highest BCUT2D eigenvalue weighted by Crippen LogP contribution is 2.06. The number of carbonyl (C=O) groups is 2. The normalized spacial score (nSPS) is 11.6. The van der Waals surface area contributed by atoms with E-state index < -0.39 is 18.1 Å². The first kappa shape index (κ1) is 14.0. The van der Waals surface area contributed by atoms with Gasteiger partial charge in [-0.25, -0.2) is 9.59 Å². The summed E-state index contributed by atoms with van der Waals surface area (Å²) in [5, 5.41) is 17.5. The van der Waals surface area contributed by atoms with Gasteiger partial charge >= 0.3 is 12.1 Å². The second kappa shape index (κ2) is 6.49. The van der Waals surface area contributed by atoms with Crippen molar-refractivity contribution in [3.63, 3.8) is 0 Å². The number of likely N-dealkylation sites (N-methyl/N-ethyl adjacent to an activating group) is 1. The first-order chi connectivity index (χ1) is 7.36. The molecule has 0 radical (unpaired) electrons. The molecule has 0 saturated heterocycles. The van der Waals surface area contributed by atoms with Crippen LogP contribution in [0.15, 0.2) is 4.99 Å². The molecular formula is C8H16N4O4. The summed E-state index contributed by atoms with van der Waals surface area (Å²) in [5.41, 5.74) is 10.2. The number of amides is 1. The zero-order valence-electron chi connectivity index (χ0n) is 8.96. The second-order valence-corrected chi connectivity index (χ2v) is 3.20. The van der Waals surface area contributed by atoms with Gasteiger partial charge in [0.15, 0.2) is 5.96 Å². The molecule has 0 aliphatic rings. The Morgan fingerprint density at radius 3 is 2.31 bits per heavy atom. The Hall–Kier alpha value is -1.99. The third-order valence-corrected chi connectivity index (χ3v) is 1.98. The van der Waals surface area contributed by atoms with Gasteiger partial charge in [0.1, 0.15) is 6.04 Å². The molecule has 0 unspecified atom stereocenters. The molecule has 0 aromatic rings. The number of hydrogen-bond acceptors (Lipinski definition) is 3. The maximum Gasteiger partial charge on any atom is 0.407 e. The lowest BCUT2D eigenvalue weighted by atomic mass is 10.1. The Bertz CT molecular complexity index is 288. The standard InChI is InChI=1S/C8H16N4O4/c1-12(8(15)16)5(6(13)14)3-2-4-11-7(9)10/h5H,2-4H2,1H3,(H,13,14)(H,15,16)(H4,9,10,11)/t5-/m0/s1. The van der Waals surface area contributed by atoms with E-state index in [2.05, 4.69) is 4.99 Å². The first-order valence-corrected chi connectivity index (χ1v) is 4.60. The van der Waals surface area contributed by atoms with Crippen LogP contribution >= 0.6 is 0 Å². The third-order valence-electron chi connectivity index (χ3n) is 1.98. The van der Waals surface area contributed by atoms with E-state index in [9.17, 15) is 9.59 Å². The van der Waals surface area contributed by atoms with Crippen LogP contribution in [0.5, 0.6) is 0 Å². The highest BCUT2D eigenvalue weighted by Gasteiger charge is 2.25. The molecule has 0 spiro atoms. The van der Waals surface area contributed by atoms with Crippen LogP contribution in [0, 0.1) is 0 Å². The van der Waals surface area contributed by atoms with Crippen LogP contribution in [0.4, 0.5) is 4.79 Å². The fourth-order valence-electron chi connectivity index (χ4n) is 1.11. The molecule has 16 heavy (non-hydrogen) atoms. The third kappa shape index (κ3) is 5.03. The molecule has 0 saturated carbocycles. The van der Waals surface area contributed by atoms with Crippen LogP contribution in [0.1, 0.15) is 12.8 Å². The average Bonchev–Trinajstić information content (AvgIpc) is 2.15. The molecular weight excluding hydrogens is 216 g/mol. The lowest BCUT2D eigenvalue weighted by molar-refractivity contribution is -0.142. The van der Waals surface area contributed by atoms with Gasteiger partial charge in [0.2, 0.25) is 0 Å². The van der Waals surface area contributed by atoms with E-state index in [0.29, 0.717) is 6.42 Å². The first-order valence-electron chi connectivity index (χ1n) is 4.60. The highest BCUT2D eigenvalue weighted by molar-refractivity contribution is 5.79. The number of carboxylic acid groups (broad SMARTS) is 2. The van der Waals surface area contributed by atoms with Crippen LogP contribution in [-0.2, 0) is 4.79 Å². The van der Waals surface area contributed by atoms with Gasteiger partial charge in [-0.05, 0) is 12.8 Å². The summed E-state index contributed by atoms with van der Waals surface area (Å²) in [6.45, 7) is 0.277. The fourth-order valence-corrected chi connectivity index (χ4v) is 1.11. The minimum Gasteiger partial charge on any atom is -0.480 e. The van der Waals surface area contributed by atoms with Crippen molar-refractivity contribution in [1.29, 1.82) is 0 Å². The summed E-state index contributed by atoms with van der Waals surface area (Å²) in [6.07, 6.45) is -0.726. The van der Waals surface area contributed by atoms with Crippen molar-refractivity contribution >= 4 is 18.0 Å². The fraction of sp³-hybridized carbons (Fsp3) is 0.625. The molecule has 0 rings (SSSR count). The zero-order valence-corrected chi connectivity index (χ0v) is 8.96. The van der Waals surface area contributed by atoms with Crippen molar-refractivity contribution in [3.05, 3.63) is 0 Å². The molecule has 0 fully saturated rings. The van der Waals surface area contributed by atoms with Gasteiger partial charge in [-0.3, -0.25) is 9.89 Å². The van der Waals surface area contributed by atoms with E-state index in [1.165, 1.54) is 7.05 Å². The number of nitrogens with zero attached hydrogens (tertiary/aromatic N) is 2. The number of rotatable bonds is 6. The SMILES string of the molecule is CN(C(=O)O)[C@@H](CCCN=C(N)N)C(=O)O. The monoisotopic (exact) mass is 232 g/mol. The summed E-state index contributed by atoms with van der Waals surface area (Å²) < 4.78 is 0. The van der Waals surface area contributed by atoms with E-state index in [1.54, 1.807) is 0 Å². The summed E-state index contributed by atoms with van der Waals surface area (Å²) in [4.78, 5) is 25.8. The van der Waals surface area contributed by atoms with E-state index in [0.717, 1.165) is 4.90 Å². The van der Waals surface area contributed by atoms with Crippen LogP contribution in [0.2, 0.25) is 0 Å². The number of aliphatic imine (C=N–C) groups is 1. The van der Waals surface area contributed by atoms with Crippen molar-refractivity contribution in [3.8, 4) is 0 Å². The van der Waals surface area contributed by atoms with Gasteiger partial charge in [-0.15, -0.1) is 0 Å². The molecule has 1 atom stereocenters. The van der Waals surface area contributed by atoms with Gasteiger partial charge < -0.3 is 21.7 Å². The van der Waals surface area contributed by atoms with Crippen LogP contribution in [-0.4, -0.2) is 52.8 Å². The topological polar surface area (TPSA) is 142 Å². The van der Waals surface area contributed by atoms with Crippen LogP contribution < -0.4 is 11.5 Å². The molecule has 8 heteroatoms. The van der Waals surface area contributed by atoms with E-state index in [-0.39, 0.29) is 18.9 Å². The van der Waals surface area contributed by atoms with Gasteiger partial charge in [0, 0.05) is 13.6 Å². The summed E-state index contributed by atoms with van der Waals surface area (Å²) in [7, 11) is 1.21. The van der Waals surface area contributed by atoms with Gasteiger partial charge in [0.05, 0.1) is 0 Å². The van der Waals surface area contributed by atoms with Gasteiger partial charge in [-0.1, -0.05) is 0 Å². The molecule has 0 aliphatic carbocycles. The van der Waals surface area contributed by atoms with Crippen molar-refractivity contribution in [2.45, 2.75) is 18.9 Å². The second-order valence-electron chi connectivity index (χ2n) is 3.20. The Morgan fingerprint density at radius 2 is 1.94 bits per heavy atom. The van der Waals surface area contributed by atoms with Crippen LogP contribution in [0.25, 0.3) is 0 Å². The molecule has 6 N–H and O–H groups in total. The molecule has 0 bridgehead atoms. The number of aliphatic carboxylic acids is 1. The average molecular weight is 232 g/mol. The zero-order chi connectivity index (χ0) is 12.7. The molecule has 1 amide bonds. The van der Waals surface area contributed by atoms with Gasteiger partial charge in [-0.2, -0.15) is 0 Å². The van der Waals surface area contributed by atoms with Crippen molar-refractivity contribution < 1.29 is 19.8 Å². The van der Waals surface area contributed by atoms with E-state index in [1.807, 2.05) is 0 Å². The Labute approximate surface area is 92.5 Å². The molecule has 0 aromatic carbocycles. The largest absolute Gasteiger partial charge is 0.480 e. The Morgan fingerprint density at radius 1 is 1.38 bits per heavy atom. The minimum atomic E-state index is -1.28.